The Morgan fingerprint density at radius 1 is 1.03 bits per heavy atom. The van der Waals surface area contributed by atoms with E-state index in [1.807, 2.05) is 72.8 Å². The zero-order valence-corrected chi connectivity index (χ0v) is 22.4. The van der Waals surface area contributed by atoms with E-state index < -0.39 is 0 Å². The van der Waals surface area contributed by atoms with Gasteiger partial charge in [-0.3, -0.25) is 9.69 Å². The quantitative estimate of drug-likeness (QED) is 0.211. The molecule has 33 heavy (non-hydrogen) atoms. The highest BCUT2D eigenvalue weighted by Gasteiger charge is 2.32. The molecule has 0 atom stereocenters. The molecular formula is C25H19Br2NO3S2. The summed E-state index contributed by atoms with van der Waals surface area (Å²) in [4.78, 5) is 15.2. The van der Waals surface area contributed by atoms with Crippen LogP contribution in [-0.2, 0) is 17.9 Å². The van der Waals surface area contributed by atoms with Gasteiger partial charge in [0.05, 0.1) is 23.0 Å². The predicted molar refractivity (Wildman–Crippen MR) is 144 cm³/mol. The lowest BCUT2D eigenvalue weighted by Gasteiger charge is -2.14. The zero-order valence-electron chi connectivity index (χ0n) is 17.6. The highest BCUT2D eigenvalue weighted by Crippen LogP contribution is 2.39. The Labute approximate surface area is 219 Å². The van der Waals surface area contributed by atoms with Crippen molar-refractivity contribution >= 4 is 72.1 Å². The van der Waals surface area contributed by atoms with Gasteiger partial charge in [-0.05, 0) is 63.0 Å². The van der Waals surface area contributed by atoms with Crippen LogP contribution in [0.3, 0.4) is 0 Å². The molecule has 1 aliphatic heterocycles. The summed E-state index contributed by atoms with van der Waals surface area (Å²) in [7, 11) is 1.59. The van der Waals surface area contributed by atoms with Crippen molar-refractivity contribution in [3.8, 4) is 11.5 Å². The van der Waals surface area contributed by atoms with Crippen molar-refractivity contribution in [3.05, 3.63) is 97.3 Å². The van der Waals surface area contributed by atoms with E-state index in [9.17, 15) is 4.79 Å². The van der Waals surface area contributed by atoms with Crippen LogP contribution in [0.15, 0.2) is 80.6 Å². The van der Waals surface area contributed by atoms with Crippen LogP contribution in [0.1, 0.15) is 16.7 Å². The molecule has 1 amide bonds. The van der Waals surface area contributed by atoms with Crippen LogP contribution in [0.2, 0.25) is 0 Å². The van der Waals surface area contributed by atoms with Crippen LogP contribution >= 0.6 is 55.8 Å². The van der Waals surface area contributed by atoms with Crippen molar-refractivity contribution in [1.82, 2.24) is 4.90 Å². The number of ether oxygens (including phenoxy) is 2. The Kier molecular flexibility index (Phi) is 7.90. The van der Waals surface area contributed by atoms with Crippen LogP contribution < -0.4 is 9.47 Å². The van der Waals surface area contributed by atoms with Crippen LogP contribution in [-0.4, -0.2) is 22.2 Å². The molecule has 0 aliphatic carbocycles. The van der Waals surface area contributed by atoms with Crippen molar-refractivity contribution in [2.45, 2.75) is 13.2 Å². The third-order valence-electron chi connectivity index (χ3n) is 4.90. The van der Waals surface area contributed by atoms with Crippen LogP contribution in [0.4, 0.5) is 0 Å². The molecule has 0 spiro atoms. The summed E-state index contributed by atoms with van der Waals surface area (Å²) >= 11 is 13.8. The first-order valence-corrected chi connectivity index (χ1v) is 12.8. The van der Waals surface area contributed by atoms with E-state index >= 15 is 0 Å². The lowest BCUT2D eigenvalue weighted by molar-refractivity contribution is -0.122. The minimum absolute atomic E-state index is 0.0977. The standard InChI is InChI=1S/C25H19Br2NO3S2/c1-30-21-12-18(11-20(27)23(21)31-15-17-7-9-19(26)10-8-17)13-22-24(29)28(25(32)33-22)14-16-5-3-2-4-6-16/h2-13H,14-15H2,1H3/b22-13-. The molecular weight excluding hydrogens is 586 g/mol. The highest BCUT2D eigenvalue weighted by molar-refractivity contribution is 9.10. The molecule has 168 valence electrons. The number of rotatable bonds is 7. The number of halogens is 2. The van der Waals surface area contributed by atoms with Crippen molar-refractivity contribution in [2.24, 2.45) is 0 Å². The van der Waals surface area contributed by atoms with E-state index in [1.165, 1.54) is 11.8 Å². The zero-order chi connectivity index (χ0) is 23.4. The van der Waals surface area contributed by atoms with E-state index in [0.717, 1.165) is 25.6 Å². The molecule has 4 rings (SSSR count). The molecule has 3 aromatic carbocycles. The summed E-state index contributed by atoms with van der Waals surface area (Å²) in [5.41, 5.74) is 2.89. The van der Waals surface area contributed by atoms with Gasteiger partial charge in [0.2, 0.25) is 0 Å². The largest absolute Gasteiger partial charge is 0.493 e. The number of methoxy groups -OCH3 is 1. The summed E-state index contributed by atoms with van der Waals surface area (Å²) in [6, 6.07) is 21.5. The monoisotopic (exact) mass is 603 g/mol. The normalized spacial score (nSPS) is 14.8. The second-order valence-electron chi connectivity index (χ2n) is 7.20. The number of amides is 1. The van der Waals surface area contributed by atoms with Gasteiger partial charge in [-0.25, -0.2) is 0 Å². The fourth-order valence-corrected chi connectivity index (χ4v) is 5.35. The summed E-state index contributed by atoms with van der Waals surface area (Å²) in [6.07, 6.45) is 1.83. The van der Waals surface area contributed by atoms with E-state index in [2.05, 4.69) is 31.9 Å². The minimum atomic E-state index is -0.0977. The fraction of sp³-hybridized carbons (Fsp3) is 0.120. The summed E-state index contributed by atoms with van der Waals surface area (Å²) in [5, 5.41) is 0. The summed E-state index contributed by atoms with van der Waals surface area (Å²) in [5.74, 6) is 1.08. The third-order valence-corrected chi connectivity index (χ3v) is 7.40. The fourth-order valence-electron chi connectivity index (χ4n) is 3.25. The molecule has 1 fully saturated rings. The first-order chi connectivity index (χ1) is 15.9. The Bertz CT molecular complexity index is 1210. The third kappa shape index (κ3) is 5.87. The minimum Gasteiger partial charge on any atom is -0.493 e. The molecule has 0 saturated carbocycles. The second-order valence-corrected chi connectivity index (χ2v) is 10.6. The van der Waals surface area contributed by atoms with Gasteiger partial charge in [-0.2, -0.15) is 0 Å². The maximum Gasteiger partial charge on any atom is 0.266 e. The maximum atomic E-state index is 13.0. The van der Waals surface area contributed by atoms with Crippen molar-refractivity contribution in [1.29, 1.82) is 0 Å². The summed E-state index contributed by atoms with van der Waals surface area (Å²) < 4.78 is 13.9. The van der Waals surface area contributed by atoms with Gasteiger partial charge in [-0.1, -0.05) is 82.4 Å². The predicted octanol–water partition coefficient (Wildman–Crippen LogP) is 7.20. The topological polar surface area (TPSA) is 38.8 Å². The van der Waals surface area contributed by atoms with E-state index in [0.29, 0.717) is 33.9 Å². The van der Waals surface area contributed by atoms with E-state index in [1.54, 1.807) is 12.0 Å². The van der Waals surface area contributed by atoms with Gasteiger partial charge in [-0.15, -0.1) is 0 Å². The Morgan fingerprint density at radius 2 is 1.76 bits per heavy atom. The lowest BCUT2D eigenvalue weighted by atomic mass is 10.1. The second kappa shape index (κ2) is 10.9. The Hall–Kier alpha value is -2.13. The molecule has 0 aromatic heterocycles. The average Bonchev–Trinajstić information content (AvgIpc) is 3.07. The number of thioether (sulfide) groups is 1. The molecule has 0 unspecified atom stereocenters. The number of carbonyl (C=O) groups excluding carboxylic acids is 1. The number of nitrogens with zero attached hydrogens (tertiary/aromatic N) is 1. The molecule has 0 radical (unpaired) electrons. The molecule has 1 saturated heterocycles. The molecule has 4 nitrogen and oxygen atoms in total. The van der Waals surface area contributed by atoms with Crippen molar-refractivity contribution < 1.29 is 14.3 Å². The molecule has 1 aliphatic rings. The summed E-state index contributed by atoms with van der Waals surface area (Å²) in [6.45, 7) is 0.860. The van der Waals surface area contributed by atoms with Gasteiger partial charge in [0.25, 0.3) is 5.91 Å². The lowest BCUT2D eigenvalue weighted by Crippen LogP contribution is -2.27. The van der Waals surface area contributed by atoms with Gasteiger partial charge in [0.1, 0.15) is 10.9 Å². The maximum absolute atomic E-state index is 13.0. The van der Waals surface area contributed by atoms with Crippen molar-refractivity contribution in [3.63, 3.8) is 0 Å². The highest BCUT2D eigenvalue weighted by atomic mass is 79.9. The Morgan fingerprint density at radius 3 is 2.45 bits per heavy atom. The van der Waals surface area contributed by atoms with Crippen LogP contribution in [0.5, 0.6) is 11.5 Å². The van der Waals surface area contributed by atoms with Crippen LogP contribution in [0.25, 0.3) is 6.08 Å². The van der Waals surface area contributed by atoms with Crippen LogP contribution in [0, 0.1) is 0 Å². The SMILES string of the molecule is COc1cc(/C=C2\SC(=S)N(Cc3ccccc3)C2=O)cc(Br)c1OCc1ccc(Br)cc1. The molecule has 0 bridgehead atoms. The van der Waals surface area contributed by atoms with E-state index in [4.69, 9.17) is 21.7 Å². The van der Waals surface area contributed by atoms with Gasteiger partial charge in [0.15, 0.2) is 11.5 Å². The molecule has 1 heterocycles. The number of thiocarbonyl (C=S) groups is 1. The number of benzene rings is 3. The number of hydrogen-bond acceptors (Lipinski definition) is 5. The number of carbonyl (C=O) groups is 1. The average molecular weight is 605 g/mol. The number of hydrogen-bond donors (Lipinski definition) is 0. The van der Waals surface area contributed by atoms with Gasteiger partial charge >= 0.3 is 0 Å². The first kappa shape index (κ1) is 24.0. The van der Waals surface area contributed by atoms with Gasteiger partial charge < -0.3 is 9.47 Å². The van der Waals surface area contributed by atoms with E-state index in [-0.39, 0.29) is 5.91 Å². The van der Waals surface area contributed by atoms with Gasteiger partial charge in [0, 0.05) is 4.47 Å². The molecule has 0 N–H and O–H groups in total. The molecule has 8 heteroatoms. The Balaban J connectivity index is 1.53. The first-order valence-electron chi connectivity index (χ1n) is 9.98. The smallest absolute Gasteiger partial charge is 0.266 e. The molecule has 3 aromatic rings. The van der Waals surface area contributed by atoms with Crippen molar-refractivity contribution in [2.75, 3.05) is 7.11 Å².